The van der Waals surface area contributed by atoms with Crippen LogP contribution in [-0.2, 0) is 14.4 Å². The molecule has 0 aromatic carbocycles. The van der Waals surface area contributed by atoms with Crippen LogP contribution >= 0.6 is 0 Å². The van der Waals surface area contributed by atoms with Crippen LogP contribution in [0.2, 0.25) is 0 Å². The first kappa shape index (κ1) is 9.50. The van der Waals surface area contributed by atoms with E-state index < -0.39 is 11.9 Å². The first-order valence-electron chi connectivity index (χ1n) is 3.82. The zero-order chi connectivity index (χ0) is 10.0. The third kappa shape index (κ3) is 1.77. The lowest BCUT2D eigenvalue weighted by Crippen LogP contribution is -2.61. The molecule has 2 N–H and O–H groups in total. The van der Waals surface area contributed by atoms with Crippen molar-refractivity contribution in [1.29, 1.82) is 0 Å². The van der Waals surface area contributed by atoms with Crippen molar-refractivity contribution in [3.8, 4) is 0 Å². The topological polar surface area (TPSA) is 78.5 Å². The summed E-state index contributed by atoms with van der Waals surface area (Å²) in [5, 5.41) is 4.61. The molecule has 1 rings (SSSR count). The number of hydrogen-bond donors (Lipinski definition) is 2. The fourth-order valence-corrected chi connectivity index (χ4v) is 1.10. The third-order valence-electron chi connectivity index (χ3n) is 1.82. The Bertz CT molecular complexity index is 264. The first-order chi connectivity index (χ1) is 6.06. The van der Waals surface area contributed by atoms with E-state index in [1.807, 2.05) is 0 Å². The number of rotatable bonds is 1. The Kier molecular flexibility index (Phi) is 2.50. The molecule has 0 aliphatic carbocycles. The quantitative estimate of drug-likeness (QED) is 0.450. The molecule has 13 heavy (non-hydrogen) atoms. The van der Waals surface area contributed by atoms with Crippen molar-refractivity contribution in [3.05, 3.63) is 0 Å². The molecular formula is C7H11N3O3. The molecule has 3 amide bonds. The summed E-state index contributed by atoms with van der Waals surface area (Å²) < 4.78 is 0. The highest BCUT2D eigenvalue weighted by Gasteiger charge is 2.34. The van der Waals surface area contributed by atoms with Gasteiger partial charge in [0, 0.05) is 14.1 Å². The summed E-state index contributed by atoms with van der Waals surface area (Å²) in [4.78, 5) is 34.6. The predicted octanol–water partition coefficient (Wildman–Crippen LogP) is -2.31. The molecule has 0 radical (unpaired) electrons. The number of likely N-dealkylation sites (N-methyl/N-ethyl adjacent to an activating group) is 2. The minimum absolute atomic E-state index is 0.00628. The Morgan fingerprint density at radius 1 is 1.62 bits per heavy atom. The average Bonchev–Trinajstić information content (AvgIpc) is 2.10. The van der Waals surface area contributed by atoms with Crippen LogP contribution in [0, 0.1) is 0 Å². The van der Waals surface area contributed by atoms with E-state index in [0.717, 1.165) is 0 Å². The minimum Gasteiger partial charge on any atom is -0.357 e. The van der Waals surface area contributed by atoms with Crippen LogP contribution in [-0.4, -0.2) is 49.3 Å². The summed E-state index contributed by atoms with van der Waals surface area (Å²) in [6.07, 6.45) is 0. The van der Waals surface area contributed by atoms with Crippen LogP contribution in [0.3, 0.4) is 0 Å². The van der Waals surface area contributed by atoms with Crippen LogP contribution in [0.4, 0.5) is 0 Å². The second kappa shape index (κ2) is 3.42. The fraction of sp³-hybridized carbons (Fsp3) is 0.571. The summed E-state index contributed by atoms with van der Waals surface area (Å²) in [6.45, 7) is 0.00628. The van der Waals surface area contributed by atoms with Crippen molar-refractivity contribution >= 4 is 17.7 Å². The summed E-state index contributed by atoms with van der Waals surface area (Å²) in [5.74, 6) is -1.21. The number of piperazine rings is 1. The van der Waals surface area contributed by atoms with Crippen molar-refractivity contribution in [2.75, 3.05) is 20.6 Å². The van der Waals surface area contributed by atoms with Gasteiger partial charge in [-0.3, -0.25) is 14.4 Å². The number of carbonyl (C=O) groups excluding carboxylic acids is 3. The van der Waals surface area contributed by atoms with Crippen molar-refractivity contribution in [3.63, 3.8) is 0 Å². The highest BCUT2D eigenvalue weighted by Crippen LogP contribution is 1.99. The average molecular weight is 185 g/mol. The summed E-state index contributed by atoms with van der Waals surface area (Å²) in [5.41, 5.74) is 0. The van der Waals surface area contributed by atoms with E-state index in [1.165, 1.54) is 19.0 Å². The van der Waals surface area contributed by atoms with E-state index in [1.54, 1.807) is 0 Å². The van der Waals surface area contributed by atoms with E-state index in [-0.39, 0.29) is 18.4 Å². The number of hydrogen-bond acceptors (Lipinski definition) is 3. The minimum atomic E-state index is -1.07. The molecule has 72 valence electrons. The van der Waals surface area contributed by atoms with Gasteiger partial charge in [0.1, 0.15) is 0 Å². The van der Waals surface area contributed by atoms with Gasteiger partial charge in [0.2, 0.25) is 5.91 Å². The molecule has 1 aliphatic rings. The highest BCUT2D eigenvalue weighted by molar-refractivity contribution is 6.09. The number of nitrogens with one attached hydrogen (secondary N) is 2. The van der Waals surface area contributed by atoms with Gasteiger partial charge in [-0.2, -0.15) is 0 Å². The van der Waals surface area contributed by atoms with Gasteiger partial charge >= 0.3 is 0 Å². The smallest absolute Gasteiger partial charge is 0.255 e. The van der Waals surface area contributed by atoms with Crippen LogP contribution in [0.15, 0.2) is 0 Å². The lowest BCUT2D eigenvalue weighted by molar-refractivity contribution is -0.147. The van der Waals surface area contributed by atoms with E-state index >= 15 is 0 Å². The van der Waals surface area contributed by atoms with Crippen molar-refractivity contribution in [1.82, 2.24) is 15.5 Å². The maximum Gasteiger partial charge on any atom is 0.255 e. The largest absolute Gasteiger partial charge is 0.357 e. The van der Waals surface area contributed by atoms with E-state index in [2.05, 4.69) is 10.6 Å². The van der Waals surface area contributed by atoms with Crippen LogP contribution < -0.4 is 10.6 Å². The second-order valence-electron chi connectivity index (χ2n) is 2.81. The van der Waals surface area contributed by atoms with E-state index in [0.29, 0.717) is 0 Å². The SMILES string of the molecule is CNC(=O)C1NC(=O)CN(C)C1=O. The zero-order valence-corrected chi connectivity index (χ0v) is 7.46. The number of nitrogens with zero attached hydrogens (tertiary/aromatic N) is 1. The number of amides is 3. The van der Waals surface area contributed by atoms with E-state index in [9.17, 15) is 14.4 Å². The second-order valence-corrected chi connectivity index (χ2v) is 2.81. The van der Waals surface area contributed by atoms with Crippen molar-refractivity contribution < 1.29 is 14.4 Å². The zero-order valence-electron chi connectivity index (χ0n) is 7.46. The molecule has 6 nitrogen and oxygen atoms in total. The third-order valence-corrected chi connectivity index (χ3v) is 1.82. The van der Waals surface area contributed by atoms with Gasteiger partial charge in [-0.25, -0.2) is 0 Å². The Morgan fingerprint density at radius 2 is 2.23 bits per heavy atom. The molecule has 0 bridgehead atoms. The summed E-state index contributed by atoms with van der Waals surface area (Å²) >= 11 is 0. The van der Waals surface area contributed by atoms with Gasteiger partial charge in [0.15, 0.2) is 6.04 Å². The van der Waals surface area contributed by atoms with Crippen LogP contribution in [0.1, 0.15) is 0 Å². The predicted molar refractivity (Wildman–Crippen MR) is 43.6 cm³/mol. The Hall–Kier alpha value is -1.59. The van der Waals surface area contributed by atoms with Crippen molar-refractivity contribution in [2.24, 2.45) is 0 Å². The van der Waals surface area contributed by atoms with Gasteiger partial charge in [0.25, 0.3) is 11.8 Å². The van der Waals surface area contributed by atoms with Crippen molar-refractivity contribution in [2.45, 2.75) is 6.04 Å². The normalized spacial score (nSPS) is 22.6. The van der Waals surface area contributed by atoms with Gasteiger partial charge in [-0.1, -0.05) is 0 Å². The molecule has 1 unspecified atom stereocenters. The maximum absolute atomic E-state index is 11.3. The molecule has 1 heterocycles. The molecule has 1 aliphatic heterocycles. The number of carbonyl (C=O) groups is 3. The van der Waals surface area contributed by atoms with Gasteiger partial charge in [-0.05, 0) is 0 Å². The van der Waals surface area contributed by atoms with Gasteiger partial charge in [-0.15, -0.1) is 0 Å². The molecule has 6 heteroatoms. The molecule has 0 saturated carbocycles. The Balaban J connectivity index is 2.77. The van der Waals surface area contributed by atoms with Gasteiger partial charge < -0.3 is 15.5 Å². The molecule has 0 aromatic heterocycles. The monoisotopic (exact) mass is 185 g/mol. The highest BCUT2D eigenvalue weighted by atomic mass is 16.2. The lowest BCUT2D eigenvalue weighted by atomic mass is 10.2. The molecule has 1 fully saturated rings. The molecule has 0 spiro atoms. The molecular weight excluding hydrogens is 174 g/mol. The summed E-state index contributed by atoms with van der Waals surface area (Å²) in [6, 6.07) is -1.07. The Morgan fingerprint density at radius 3 is 2.77 bits per heavy atom. The van der Waals surface area contributed by atoms with E-state index in [4.69, 9.17) is 0 Å². The van der Waals surface area contributed by atoms with Crippen LogP contribution in [0.25, 0.3) is 0 Å². The molecule has 1 saturated heterocycles. The fourth-order valence-electron chi connectivity index (χ4n) is 1.10. The van der Waals surface area contributed by atoms with Gasteiger partial charge in [0.05, 0.1) is 6.54 Å². The standard InChI is InChI=1S/C7H11N3O3/c1-8-6(12)5-7(13)10(2)3-4(11)9-5/h5H,3H2,1-2H3,(H,8,12)(H,9,11). The molecule has 0 aromatic rings. The maximum atomic E-state index is 11.3. The Labute approximate surface area is 75.3 Å². The molecule has 1 atom stereocenters. The summed E-state index contributed by atoms with van der Waals surface area (Å²) in [7, 11) is 2.90. The first-order valence-corrected chi connectivity index (χ1v) is 3.82. The lowest BCUT2D eigenvalue weighted by Gasteiger charge is -2.28. The van der Waals surface area contributed by atoms with Crippen LogP contribution in [0.5, 0.6) is 0 Å².